The van der Waals surface area contributed by atoms with Crippen molar-refractivity contribution in [2.45, 2.75) is 12.6 Å². The van der Waals surface area contributed by atoms with E-state index in [-0.39, 0.29) is 36.0 Å². The number of nitrogens with one attached hydrogen (secondary N) is 1. The van der Waals surface area contributed by atoms with Gasteiger partial charge in [-0.1, -0.05) is 42.5 Å². The molecule has 0 saturated heterocycles. The number of halogens is 1. The molecule has 2 aromatic carbocycles. The predicted octanol–water partition coefficient (Wildman–Crippen LogP) is 2.11. The van der Waals surface area contributed by atoms with Crippen molar-refractivity contribution >= 4 is 34.9 Å². The SMILES string of the molecule is COCCN(C(=O)c1snc(C(N)=O)c1N)[C@H](C(=O)NCc1ccccc1)c1ccc(F)cc1. The summed E-state index contributed by atoms with van der Waals surface area (Å²) in [6.07, 6.45) is 0. The minimum atomic E-state index is -1.13. The lowest BCUT2D eigenvalue weighted by Crippen LogP contribution is -2.45. The summed E-state index contributed by atoms with van der Waals surface area (Å²) < 4.78 is 22.6. The Morgan fingerprint density at radius 1 is 1.15 bits per heavy atom. The molecule has 0 bridgehead atoms. The average Bonchev–Trinajstić information content (AvgIpc) is 3.23. The van der Waals surface area contributed by atoms with Gasteiger partial charge in [0.15, 0.2) is 5.69 Å². The quantitative estimate of drug-likeness (QED) is 0.402. The zero-order valence-corrected chi connectivity index (χ0v) is 19.2. The molecule has 1 heterocycles. The van der Waals surface area contributed by atoms with Crippen LogP contribution in [0.1, 0.15) is 37.3 Å². The van der Waals surface area contributed by atoms with Crippen LogP contribution in [0.25, 0.3) is 0 Å². The van der Waals surface area contributed by atoms with E-state index in [2.05, 4.69) is 9.69 Å². The Labute approximate surface area is 199 Å². The number of nitrogens with zero attached hydrogens (tertiary/aromatic N) is 2. The number of rotatable bonds is 10. The Morgan fingerprint density at radius 2 is 1.82 bits per heavy atom. The maximum atomic E-state index is 13.6. The van der Waals surface area contributed by atoms with Crippen LogP contribution in [-0.4, -0.2) is 47.3 Å². The van der Waals surface area contributed by atoms with Crippen LogP contribution in [0.4, 0.5) is 10.1 Å². The fraction of sp³-hybridized carbons (Fsp3) is 0.217. The molecule has 0 aliphatic heterocycles. The van der Waals surface area contributed by atoms with Gasteiger partial charge in [0.05, 0.1) is 12.3 Å². The molecule has 178 valence electrons. The number of aromatic nitrogens is 1. The number of methoxy groups -OCH3 is 1. The molecular weight excluding hydrogens is 461 g/mol. The summed E-state index contributed by atoms with van der Waals surface area (Å²) in [5.74, 6) is -2.48. The molecule has 3 rings (SSSR count). The van der Waals surface area contributed by atoms with Crippen LogP contribution in [0.15, 0.2) is 54.6 Å². The van der Waals surface area contributed by atoms with Crippen LogP contribution < -0.4 is 16.8 Å². The third-order valence-electron chi connectivity index (χ3n) is 5.01. The van der Waals surface area contributed by atoms with Crippen LogP contribution in [0.5, 0.6) is 0 Å². The highest BCUT2D eigenvalue weighted by Crippen LogP contribution is 2.29. The molecule has 3 amide bonds. The summed E-state index contributed by atoms with van der Waals surface area (Å²) in [5, 5.41) is 2.83. The van der Waals surface area contributed by atoms with Crippen molar-refractivity contribution in [1.29, 1.82) is 0 Å². The topological polar surface area (TPSA) is 141 Å². The molecular formula is C23H24FN5O4S. The Kier molecular flexibility index (Phi) is 8.28. The third kappa shape index (κ3) is 5.74. The highest BCUT2D eigenvalue weighted by Gasteiger charge is 2.34. The van der Waals surface area contributed by atoms with Gasteiger partial charge >= 0.3 is 0 Å². The van der Waals surface area contributed by atoms with E-state index in [9.17, 15) is 18.8 Å². The van der Waals surface area contributed by atoms with Crippen molar-refractivity contribution in [3.63, 3.8) is 0 Å². The highest BCUT2D eigenvalue weighted by molar-refractivity contribution is 7.09. The van der Waals surface area contributed by atoms with Gasteiger partial charge in [0.25, 0.3) is 11.8 Å². The second-order valence-electron chi connectivity index (χ2n) is 7.29. The van der Waals surface area contributed by atoms with E-state index in [1.54, 1.807) is 0 Å². The maximum absolute atomic E-state index is 13.6. The number of hydrogen-bond acceptors (Lipinski definition) is 7. The van der Waals surface area contributed by atoms with Crippen molar-refractivity contribution < 1.29 is 23.5 Å². The molecule has 3 aromatic rings. The molecule has 0 spiro atoms. The van der Waals surface area contributed by atoms with Gasteiger partial charge in [-0.3, -0.25) is 14.4 Å². The summed E-state index contributed by atoms with van der Waals surface area (Å²) in [5.41, 5.74) is 12.1. The van der Waals surface area contributed by atoms with E-state index in [0.717, 1.165) is 5.56 Å². The van der Waals surface area contributed by atoms with Crippen molar-refractivity contribution in [3.8, 4) is 0 Å². The van der Waals surface area contributed by atoms with Gasteiger partial charge in [0, 0.05) is 20.2 Å². The lowest BCUT2D eigenvalue weighted by atomic mass is 10.0. The number of ether oxygens (including phenoxy) is 1. The molecule has 0 radical (unpaired) electrons. The second-order valence-corrected chi connectivity index (χ2v) is 8.06. The van der Waals surface area contributed by atoms with E-state index in [0.29, 0.717) is 17.1 Å². The lowest BCUT2D eigenvalue weighted by Gasteiger charge is -2.31. The van der Waals surface area contributed by atoms with Gasteiger partial charge in [-0.2, -0.15) is 4.37 Å². The molecule has 1 atom stereocenters. The molecule has 0 unspecified atom stereocenters. The fourth-order valence-electron chi connectivity index (χ4n) is 3.30. The van der Waals surface area contributed by atoms with Crippen LogP contribution >= 0.6 is 11.5 Å². The standard InChI is InChI=1S/C23H24FN5O4S/c1-33-12-11-29(23(32)20-17(25)18(21(26)30)28-34-20)19(15-7-9-16(24)10-8-15)22(31)27-13-14-5-3-2-4-6-14/h2-10,19H,11-13,25H2,1H3,(H2,26,30)(H,27,31)/t19-/m0/s1. The number of benzene rings is 2. The monoisotopic (exact) mass is 485 g/mol. The first kappa shape index (κ1) is 24.8. The molecule has 34 heavy (non-hydrogen) atoms. The van der Waals surface area contributed by atoms with E-state index in [4.69, 9.17) is 16.2 Å². The molecule has 0 fully saturated rings. The van der Waals surface area contributed by atoms with E-state index >= 15 is 0 Å². The summed E-state index contributed by atoms with van der Waals surface area (Å²) in [4.78, 5) is 39.7. The van der Waals surface area contributed by atoms with Gasteiger partial charge in [0.1, 0.15) is 16.7 Å². The molecule has 9 nitrogen and oxygen atoms in total. The second kappa shape index (κ2) is 11.3. The lowest BCUT2D eigenvalue weighted by molar-refractivity contribution is -0.126. The molecule has 11 heteroatoms. The van der Waals surface area contributed by atoms with Gasteiger partial charge < -0.3 is 26.4 Å². The fourth-order valence-corrected chi connectivity index (χ4v) is 4.06. The zero-order valence-electron chi connectivity index (χ0n) is 18.4. The normalized spacial score (nSPS) is 11.6. The van der Waals surface area contributed by atoms with Crippen molar-refractivity contribution in [1.82, 2.24) is 14.6 Å². The first-order chi connectivity index (χ1) is 16.3. The highest BCUT2D eigenvalue weighted by atomic mass is 32.1. The van der Waals surface area contributed by atoms with Crippen molar-refractivity contribution in [2.24, 2.45) is 5.73 Å². The predicted molar refractivity (Wildman–Crippen MR) is 125 cm³/mol. The average molecular weight is 486 g/mol. The van der Waals surface area contributed by atoms with E-state index in [1.807, 2.05) is 30.3 Å². The Balaban J connectivity index is 1.99. The Bertz CT molecular complexity index is 1150. The molecule has 1 aromatic heterocycles. The summed E-state index contributed by atoms with van der Waals surface area (Å²) in [6, 6.07) is 13.4. The van der Waals surface area contributed by atoms with Gasteiger partial charge in [-0.15, -0.1) is 0 Å². The summed E-state index contributed by atoms with van der Waals surface area (Å²) in [6.45, 7) is 0.342. The first-order valence-corrected chi connectivity index (χ1v) is 11.0. The number of primary amides is 1. The largest absolute Gasteiger partial charge is 0.395 e. The van der Waals surface area contributed by atoms with Crippen LogP contribution in [-0.2, 0) is 16.1 Å². The first-order valence-electron chi connectivity index (χ1n) is 10.3. The van der Waals surface area contributed by atoms with Crippen molar-refractivity contribution in [3.05, 3.63) is 82.1 Å². The number of amides is 3. The molecule has 0 saturated carbocycles. The number of carbonyl (C=O) groups excluding carboxylic acids is 3. The third-order valence-corrected chi connectivity index (χ3v) is 5.86. The number of anilines is 1. The molecule has 5 N–H and O–H groups in total. The Morgan fingerprint density at radius 3 is 2.41 bits per heavy atom. The van der Waals surface area contributed by atoms with Crippen LogP contribution in [0.3, 0.4) is 0 Å². The minimum absolute atomic E-state index is 0.0133. The number of nitrogens with two attached hydrogens (primary N) is 2. The van der Waals surface area contributed by atoms with Gasteiger partial charge in [0.2, 0.25) is 5.91 Å². The van der Waals surface area contributed by atoms with Crippen LogP contribution in [0.2, 0.25) is 0 Å². The van der Waals surface area contributed by atoms with E-state index in [1.165, 1.54) is 36.3 Å². The minimum Gasteiger partial charge on any atom is -0.395 e. The smallest absolute Gasteiger partial charge is 0.270 e. The summed E-state index contributed by atoms with van der Waals surface area (Å²) in [7, 11) is 1.46. The van der Waals surface area contributed by atoms with E-state index < -0.39 is 29.6 Å². The maximum Gasteiger partial charge on any atom is 0.270 e. The number of nitrogen functional groups attached to an aromatic ring is 1. The molecule has 0 aliphatic carbocycles. The number of hydrogen-bond donors (Lipinski definition) is 3. The summed E-state index contributed by atoms with van der Waals surface area (Å²) >= 11 is 0.712. The number of carbonyl (C=O) groups is 3. The molecule has 0 aliphatic rings. The van der Waals surface area contributed by atoms with Crippen LogP contribution in [0, 0.1) is 5.82 Å². The Hall–Kier alpha value is -3.83. The zero-order chi connectivity index (χ0) is 24.7. The van der Waals surface area contributed by atoms with Crippen molar-refractivity contribution in [2.75, 3.05) is 26.0 Å². The van der Waals surface area contributed by atoms with Gasteiger partial charge in [-0.25, -0.2) is 4.39 Å². The van der Waals surface area contributed by atoms with Gasteiger partial charge in [-0.05, 0) is 34.8 Å².